The van der Waals surface area contributed by atoms with Gasteiger partial charge in [0.1, 0.15) is 25.3 Å². The predicted octanol–water partition coefficient (Wildman–Crippen LogP) is 2.85. The zero-order chi connectivity index (χ0) is 22.4. The van der Waals surface area contributed by atoms with Gasteiger partial charge in [0.05, 0.1) is 31.2 Å². The summed E-state index contributed by atoms with van der Waals surface area (Å²) in [6, 6.07) is 11.1. The number of hydrogen-bond acceptors (Lipinski definition) is 8. The summed E-state index contributed by atoms with van der Waals surface area (Å²) in [5.74, 6) is 4.46. The SMILES string of the molecule is COc1ccc2ncnc(OCC3C4CN(CC(=O)c5ccc6c(c5)OCCO6)C[C@H]34)c2c1. The Morgan fingerprint density at radius 2 is 1.88 bits per heavy atom. The van der Waals surface area contributed by atoms with Crippen molar-refractivity contribution in [2.45, 2.75) is 0 Å². The Hall–Kier alpha value is -3.39. The highest BCUT2D eigenvalue weighted by Crippen LogP contribution is 2.51. The van der Waals surface area contributed by atoms with Crippen LogP contribution in [-0.2, 0) is 0 Å². The molecule has 0 N–H and O–H groups in total. The second-order valence-corrected chi connectivity index (χ2v) is 8.84. The summed E-state index contributed by atoms with van der Waals surface area (Å²) in [5, 5.41) is 0.856. The van der Waals surface area contributed by atoms with Gasteiger partial charge in [-0.25, -0.2) is 9.97 Å². The van der Waals surface area contributed by atoms with E-state index in [1.807, 2.05) is 30.3 Å². The maximum Gasteiger partial charge on any atom is 0.224 e. The third-order valence-electron chi connectivity index (χ3n) is 6.90. The molecule has 170 valence electrons. The lowest BCUT2D eigenvalue weighted by Crippen LogP contribution is -2.31. The van der Waals surface area contributed by atoms with E-state index in [1.165, 1.54) is 6.33 Å². The minimum absolute atomic E-state index is 0.113. The lowest BCUT2D eigenvalue weighted by atomic mass is 10.1. The van der Waals surface area contributed by atoms with Crippen molar-refractivity contribution in [3.05, 3.63) is 48.3 Å². The van der Waals surface area contributed by atoms with E-state index in [0.29, 0.717) is 67.1 Å². The number of likely N-dealkylation sites (tertiary alicyclic amines) is 1. The summed E-state index contributed by atoms with van der Waals surface area (Å²) >= 11 is 0. The number of carbonyl (C=O) groups excluding carboxylic acids is 1. The molecule has 33 heavy (non-hydrogen) atoms. The zero-order valence-electron chi connectivity index (χ0n) is 18.4. The Morgan fingerprint density at radius 3 is 2.70 bits per heavy atom. The van der Waals surface area contributed by atoms with Gasteiger partial charge in [-0.1, -0.05) is 0 Å². The van der Waals surface area contributed by atoms with Crippen molar-refractivity contribution >= 4 is 16.7 Å². The van der Waals surface area contributed by atoms with Crippen molar-refractivity contribution in [2.24, 2.45) is 17.8 Å². The van der Waals surface area contributed by atoms with Crippen LogP contribution in [0.1, 0.15) is 10.4 Å². The van der Waals surface area contributed by atoms with Gasteiger partial charge in [-0.2, -0.15) is 0 Å². The normalized spacial score (nSPS) is 23.2. The molecule has 1 aliphatic carbocycles. The molecule has 3 aliphatic rings. The molecule has 2 aliphatic heterocycles. The van der Waals surface area contributed by atoms with Crippen LogP contribution in [0.15, 0.2) is 42.7 Å². The maximum atomic E-state index is 12.8. The summed E-state index contributed by atoms with van der Waals surface area (Å²) < 4.78 is 22.6. The van der Waals surface area contributed by atoms with Gasteiger partial charge in [0.25, 0.3) is 0 Å². The second kappa shape index (κ2) is 8.19. The number of hydrogen-bond donors (Lipinski definition) is 0. The first-order chi connectivity index (χ1) is 16.2. The Bertz CT molecular complexity index is 1200. The van der Waals surface area contributed by atoms with Gasteiger partial charge in [-0.05, 0) is 48.2 Å². The minimum atomic E-state index is 0.113. The van der Waals surface area contributed by atoms with Crippen molar-refractivity contribution in [3.8, 4) is 23.1 Å². The first-order valence-electron chi connectivity index (χ1n) is 11.3. The highest BCUT2D eigenvalue weighted by Gasteiger charge is 2.55. The van der Waals surface area contributed by atoms with Crippen LogP contribution in [0.3, 0.4) is 0 Å². The van der Waals surface area contributed by atoms with Crippen LogP contribution in [0.2, 0.25) is 0 Å². The van der Waals surface area contributed by atoms with E-state index in [2.05, 4.69) is 14.9 Å². The van der Waals surface area contributed by atoms with Gasteiger partial charge >= 0.3 is 0 Å². The third kappa shape index (κ3) is 3.84. The molecule has 0 amide bonds. The van der Waals surface area contributed by atoms with Crippen molar-refractivity contribution in [1.29, 1.82) is 0 Å². The van der Waals surface area contributed by atoms with E-state index in [9.17, 15) is 4.79 Å². The van der Waals surface area contributed by atoms with Gasteiger partial charge < -0.3 is 18.9 Å². The maximum absolute atomic E-state index is 12.8. The van der Waals surface area contributed by atoms with Crippen LogP contribution in [0.5, 0.6) is 23.1 Å². The summed E-state index contributed by atoms with van der Waals surface area (Å²) in [6.45, 7) is 3.96. The topological polar surface area (TPSA) is 83.0 Å². The molecular formula is C25H25N3O5. The summed E-state index contributed by atoms with van der Waals surface area (Å²) in [7, 11) is 1.64. The Labute approximate surface area is 191 Å². The molecule has 1 saturated carbocycles. The molecule has 6 rings (SSSR count). The van der Waals surface area contributed by atoms with Gasteiger partial charge in [0.2, 0.25) is 5.88 Å². The van der Waals surface area contributed by atoms with Crippen LogP contribution in [0.4, 0.5) is 0 Å². The number of fused-ring (bicyclic) bond motifs is 3. The number of Topliss-reactive ketones (excluding diaryl/α,β-unsaturated/α-hetero) is 1. The summed E-state index contributed by atoms with van der Waals surface area (Å²) in [4.78, 5) is 23.7. The van der Waals surface area contributed by atoms with E-state index in [1.54, 1.807) is 13.2 Å². The lowest BCUT2D eigenvalue weighted by Gasteiger charge is -2.20. The van der Waals surface area contributed by atoms with Gasteiger partial charge in [-0.15, -0.1) is 0 Å². The average Bonchev–Trinajstić information content (AvgIpc) is 3.31. The molecular weight excluding hydrogens is 422 g/mol. The van der Waals surface area contributed by atoms with Gasteiger partial charge in [0.15, 0.2) is 17.3 Å². The lowest BCUT2D eigenvalue weighted by molar-refractivity contribution is 0.0932. The molecule has 3 aromatic rings. The fourth-order valence-corrected chi connectivity index (χ4v) is 5.05. The van der Waals surface area contributed by atoms with E-state index >= 15 is 0 Å². The molecule has 2 fully saturated rings. The first-order valence-corrected chi connectivity index (χ1v) is 11.3. The molecule has 0 radical (unpaired) electrons. The molecule has 2 aromatic carbocycles. The average molecular weight is 447 g/mol. The second-order valence-electron chi connectivity index (χ2n) is 8.84. The number of carbonyl (C=O) groups is 1. The molecule has 1 aromatic heterocycles. The number of benzene rings is 2. The number of aromatic nitrogens is 2. The quantitative estimate of drug-likeness (QED) is 0.512. The number of ether oxygens (including phenoxy) is 4. The number of ketones is 1. The molecule has 0 bridgehead atoms. The number of nitrogens with zero attached hydrogens (tertiary/aromatic N) is 3. The van der Waals surface area contributed by atoms with Crippen LogP contribution >= 0.6 is 0 Å². The first kappa shape index (κ1) is 20.2. The molecule has 3 heterocycles. The summed E-state index contributed by atoms with van der Waals surface area (Å²) in [6.07, 6.45) is 1.53. The van der Waals surface area contributed by atoms with Crippen LogP contribution in [-0.4, -0.2) is 67.2 Å². The minimum Gasteiger partial charge on any atom is -0.497 e. The number of rotatable bonds is 7. The number of methoxy groups -OCH3 is 1. The Kier molecular flexibility index (Phi) is 5.02. The largest absolute Gasteiger partial charge is 0.497 e. The van der Waals surface area contributed by atoms with Gasteiger partial charge in [-0.3, -0.25) is 9.69 Å². The monoisotopic (exact) mass is 447 g/mol. The van der Waals surface area contributed by atoms with Crippen molar-refractivity contribution in [2.75, 3.05) is 46.6 Å². The van der Waals surface area contributed by atoms with E-state index < -0.39 is 0 Å². The van der Waals surface area contributed by atoms with E-state index in [-0.39, 0.29) is 5.78 Å². The van der Waals surface area contributed by atoms with Gasteiger partial charge in [0, 0.05) is 24.6 Å². The highest BCUT2D eigenvalue weighted by atomic mass is 16.6. The van der Waals surface area contributed by atoms with Crippen LogP contribution in [0.25, 0.3) is 10.9 Å². The molecule has 0 spiro atoms. The molecule has 3 atom stereocenters. The van der Waals surface area contributed by atoms with E-state index in [0.717, 1.165) is 29.7 Å². The molecule has 1 saturated heterocycles. The predicted molar refractivity (Wildman–Crippen MR) is 120 cm³/mol. The Balaban J connectivity index is 1.03. The zero-order valence-corrected chi connectivity index (χ0v) is 18.4. The molecule has 2 unspecified atom stereocenters. The molecule has 8 nitrogen and oxygen atoms in total. The number of piperidine rings is 1. The highest BCUT2D eigenvalue weighted by molar-refractivity contribution is 5.98. The van der Waals surface area contributed by atoms with Crippen molar-refractivity contribution in [3.63, 3.8) is 0 Å². The standard InChI is InChI=1S/C25H25N3O5/c1-30-16-3-4-21-17(9-16)25(27-14-26-21)33-13-20-18-10-28(11-19(18)20)12-22(29)15-2-5-23-24(8-15)32-7-6-31-23/h2-5,8-9,14,18-20H,6-7,10-13H2,1H3/t18-,19?,20?/m0/s1. The molecule has 8 heteroatoms. The van der Waals surface area contributed by atoms with Crippen LogP contribution < -0.4 is 18.9 Å². The smallest absolute Gasteiger partial charge is 0.224 e. The van der Waals surface area contributed by atoms with Crippen LogP contribution in [0, 0.1) is 17.8 Å². The Morgan fingerprint density at radius 1 is 1.06 bits per heavy atom. The van der Waals surface area contributed by atoms with Crippen molar-refractivity contribution < 1.29 is 23.7 Å². The fourth-order valence-electron chi connectivity index (χ4n) is 5.05. The third-order valence-corrected chi connectivity index (χ3v) is 6.90. The van der Waals surface area contributed by atoms with Crippen molar-refractivity contribution in [1.82, 2.24) is 14.9 Å². The fraction of sp³-hybridized carbons (Fsp3) is 0.400. The van der Waals surface area contributed by atoms with E-state index in [4.69, 9.17) is 18.9 Å². The summed E-state index contributed by atoms with van der Waals surface area (Å²) in [5.41, 5.74) is 1.51.